The van der Waals surface area contributed by atoms with Crippen molar-refractivity contribution in [3.8, 4) is 16.9 Å². The highest BCUT2D eigenvalue weighted by Crippen LogP contribution is 2.24. The maximum atomic E-state index is 12.2. The van der Waals surface area contributed by atoms with E-state index in [9.17, 15) is 9.59 Å². The molecule has 4 rings (SSSR count). The first-order chi connectivity index (χ1) is 15.7. The Balaban J connectivity index is 1.41. The Morgan fingerprint density at radius 2 is 1.88 bits per heavy atom. The monoisotopic (exact) mass is 431 g/mol. The zero-order valence-corrected chi connectivity index (χ0v) is 17.6. The van der Waals surface area contributed by atoms with Crippen molar-refractivity contribution in [2.24, 2.45) is 0 Å². The number of nitrogens with zero attached hydrogens (tertiary/aromatic N) is 2. The summed E-state index contributed by atoms with van der Waals surface area (Å²) in [6.07, 6.45) is 6.81. The van der Waals surface area contributed by atoms with E-state index in [4.69, 9.17) is 14.6 Å². The van der Waals surface area contributed by atoms with Crippen LogP contribution >= 0.6 is 0 Å². The Kier molecular flexibility index (Phi) is 7.09. The van der Waals surface area contributed by atoms with Gasteiger partial charge in [0, 0.05) is 36.6 Å². The van der Waals surface area contributed by atoms with Crippen molar-refractivity contribution in [1.82, 2.24) is 15.1 Å². The summed E-state index contributed by atoms with van der Waals surface area (Å²) >= 11 is 0. The van der Waals surface area contributed by atoms with Gasteiger partial charge in [0.25, 0.3) is 5.91 Å². The SMILES string of the molecule is O=C(COC(=O)C=Cc1cn(-c2ccccc2)nc1-c1ccccc1)NCC1CCCO1. The fourth-order valence-electron chi connectivity index (χ4n) is 3.47. The maximum absolute atomic E-state index is 12.2. The predicted molar refractivity (Wildman–Crippen MR) is 121 cm³/mol. The number of para-hydroxylation sites is 1. The number of benzene rings is 2. The van der Waals surface area contributed by atoms with Crippen molar-refractivity contribution >= 4 is 18.0 Å². The fourth-order valence-corrected chi connectivity index (χ4v) is 3.47. The lowest BCUT2D eigenvalue weighted by Gasteiger charge is -2.10. The van der Waals surface area contributed by atoms with Crippen LogP contribution in [0.15, 0.2) is 72.9 Å². The largest absolute Gasteiger partial charge is 0.452 e. The molecular weight excluding hydrogens is 406 g/mol. The van der Waals surface area contributed by atoms with Gasteiger partial charge in [0.2, 0.25) is 0 Å². The minimum Gasteiger partial charge on any atom is -0.452 e. The first-order valence-electron chi connectivity index (χ1n) is 10.6. The number of ether oxygens (including phenoxy) is 2. The average Bonchev–Trinajstić information content (AvgIpc) is 3.51. The van der Waals surface area contributed by atoms with Gasteiger partial charge >= 0.3 is 5.97 Å². The topological polar surface area (TPSA) is 82.5 Å². The second-order valence-electron chi connectivity index (χ2n) is 7.46. The van der Waals surface area contributed by atoms with Crippen LogP contribution in [0.2, 0.25) is 0 Å². The molecule has 1 aliphatic heterocycles. The van der Waals surface area contributed by atoms with Gasteiger partial charge in [-0.1, -0.05) is 48.5 Å². The van der Waals surface area contributed by atoms with Crippen molar-refractivity contribution in [3.05, 3.63) is 78.5 Å². The Morgan fingerprint density at radius 3 is 2.59 bits per heavy atom. The van der Waals surface area contributed by atoms with E-state index in [1.807, 2.05) is 66.9 Å². The van der Waals surface area contributed by atoms with Crippen LogP contribution in [0.1, 0.15) is 18.4 Å². The summed E-state index contributed by atoms with van der Waals surface area (Å²) in [5.74, 6) is -0.937. The lowest BCUT2D eigenvalue weighted by molar-refractivity contribution is -0.143. The molecule has 1 N–H and O–H groups in total. The van der Waals surface area contributed by atoms with Crippen molar-refractivity contribution in [1.29, 1.82) is 0 Å². The van der Waals surface area contributed by atoms with E-state index in [-0.39, 0.29) is 18.6 Å². The molecule has 0 radical (unpaired) electrons. The van der Waals surface area contributed by atoms with Crippen molar-refractivity contribution in [3.63, 3.8) is 0 Å². The first-order valence-corrected chi connectivity index (χ1v) is 10.6. The number of aromatic nitrogens is 2. The van der Waals surface area contributed by atoms with Gasteiger partial charge in [-0.25, -0.2) is 9.48 Å². The van der Waals surface area contributed by atoms with Gasteiger partial charge < -0.3 is 14.8 Å². The lowest BCUT2D eigenvalue weighted by Crippen LogP contribution is -2.34. The minimum absolute atomic E-state index is 0.0482. The van der Waals surface area contributed by atoms with Crippen LogP contribution in [-0.4, -0.2) is 47.5 Å². The van der Waals surface area contributed by atoms with Gasteiger partial charge in [-0.3, -0.25) is 4.79 Å². The third-order valence-corrected chi connectivity index (χ3v) is 5.11. The number of rotatable bonds is 8. The van der Waals surface area contributed by atoms with Gasteiger partial charge in [-0.2, -0.15) is 5.10 Å². The van der Waals surface area contributed by atoms with Crippen LogP contribution in [0.25, 0.3) is 23.0 Å². The Hall–Kier alpha value is -3.71. The van der Waals surface area contributed by atoms with Gasteiger partial charge in [0.15, 0.2) is 6.61 Å². The summed E-state index contributed by atoms with van der Waals surface area (Å²) in [7, 11) is 0. The molecule has 2 heterocycles. The number of carbonyl (C=O) groups excluding carboxylic acids is 2. The van der Waals surface area contributed by atoms with Crippen LogP contribution in [0.5, 0.6) is 0 Å². The van der Waals surface area contributed by atoms with Crippen molar-refractivity contribution in [2.45, 2.75) is 18.9 Å². The Bertz CT molecular complexity index is 1070. The molecule has 3 aromatic rings. The first kappa shape index (κ1) is 21.5. The molecule has 7 heteroatoms. The van der Waals surface area contributed by atoms with Crippen LogP contribution in [0.3, 0.4) is 0 Å². The standard InChI is InChI=1S/C25H25N3O4/c29-23(26-16-22-12-7-15-31-22)18-32-24(30)14-13-20-17-28(21-10-5-2-6-11-21)27-25(20)19-8-3-1-4-9-19/h1-6,8-11,13-14,17,22H,7,12,15-16,18H2,(H,26,29). The van der Waals surface area contributed by atoms with Gasteiger partial charge in [-0.15, -0.1) is 0 Å². The molecule has 1 unspecified atom stereocenters. The molecule has 164 valence electrons. The Morgan fingerprint density at radius 1 is 1.12 bits per heavy atom. The molecule has 0 bridgehead atoms. The molecule has 0 saturated carbocycles. The van der Waals surface area contributed by atoms with Gasteiger partial charge in [0.1, 0.15) is 0 Å². The van der Waals surface area contributed by atoms with E-state index in [2.05, 4.69) is 5.32 Å². The fraction of sp³-hybridized carbons (Fsp3) is 0.240. The summed E-state index contributed by atoms with van der Waals surface area (Å²) in [5.41, 5.74) is 3.35. The molecule has 32 heavy (non-hydrogen) atoms. The second-order valence-corrected chi connectivity index (χ2v) is 7.46. The number of hydrogen-bond donors (Lipinski definition) is 1. The third kappa shape index (κ3) is 5.70. The molecular formula is C25H25N3O4. The third-order valence-electron chi connectivity index (χ3n) is 5.11. The minimum atomic E-state index is -0.594. The Labute approximate surface area is 186 Å². The van der Waals surface area contributed by atoms with Crippen LogP contribution in [0, 0.1) is 0 Å². The van der Waals surface area contributed by atoms with Crippen LogP contribution in [0.4, 0.5) is 0 Å². The van der Waals surface area contributed by atoms with Gasteiger partial charge in [0.05, 0.1) is 17.5 Å². The number of amides is 1. The average molecular weight is 431 g/mol. The molecule has 1 atom stereocenters. The highest BCUT2D eigenvalue weighted by Gasteiger charge is 2.16. The smallest absolute Gasteiger partial charge is 0.331 e. The molecule has 1 aliphatic rings. The molecule has 0 aliphatic carbocycles. The number of hydrogen-bond acceptors (Lipinski definition) is 5. The number of nitrogens with one attached hydrogen (secondary N) is 1. The summed E-state index contributed by atoms with van der Waals surface area (Å²) in [6.45, 7) is 0.836. The summed E-state index contributed by atoms with van der Waals surface area (Å²) in [6, 6.07) is 19.5. The van der Waals surface area contributed by atoms with E-state index in [1.54, 1.807) is 10.8 Å². The van der Waals surface area contributed by atoms with E-state index in [0.29, 0.717) is 6.54 Å². The normalized spacial score (nSPS) is 15.7. The molecule has 0 spiro atoms. The number of carbonyl (C=O) groups is 2. The van der Waals surface area contributed by atoms with Gasteiger partial charge in [-0.05, 0) is 31.1 Å². The zero-order valence-electron chi connectivity index (χ0n) is 17.6. The maximum Gasteiger partial charge on any atom is 0.331 e. The predicted octanol–water partition coefficient (Wildman–Crippen LogP) is 3.39. The molecule has 1 fully saturated rings. The molecule has 1 aromatic heterocycles. The zero-order chi connectivity index (χ0) is 22.2. The quantitative estimate of drug-likeness (QED) is 0.437. The van der Waals surface area contributed by atoms with Crippen molar-refractivity contribution < 1.29 is 19.1 Å². The van der Waals surface area contributed by atoms with E-state index in [1.165, 1.54) is 6.08 Å². The lowest BCUT2D eigenvalue weighted by atomic mass is 10.1. The highest BCUT2D eigenvalue weighted by atomic mass is 16.5. The van der Waals surface area contributed by atoms with Crippen LogP contribution < -0.4 is 5.32 Å². The molecule has 7 nitrogen and oxygen atoms in total. The van der Waals surface area contributed by atoms with Crippen molar-refractivity contribution in [2.75, 3.05) is 19.8 Å². The highest BCUT2D eigenvalue weighted by molar-refractivity contribution is 5.90. The van der Waals surface area contributed by atoms with E-state index < -0.39 is 5.97 Å². The van der Waals surface area contributed by atoms with E-state index in [0.717, 1.165) is 42.0 Å². The second kappa shape index (κ2) is 10.5. The summed E-state index contributed by atoms with van der Waals surface area (Å²) < 4.78 is 12.3. The van der Waals surface area contributed by atoms with E-state index >= 15 is 0 Å². The summed E-state index contributed by atoms with van der Waals surface area (Å²) in [5, 5.41) is 7.43. The molecule has 1 saturated heterocycles. The number of esters is 1. The molecule has 1 amide bonds. The van der Waals surface area contributed by atoms with Crippen LogP contribution in [-0.2, 0) is 19.1 Å². The summed E-state index contributed by atoms with van der Waals surface area (Å²) in [4.78, 5) is 24.1. The molecule has 2 aromatic carbocycles.